The topological polar surface area (TPSA) is 256 Å². The highest BCUT2D eigenvalue weighted by molar-refractivity contribution is 7.86. The maximum absolute atomic E-state index is 13.1. The molecule has 4 aromatic rings. The van der Waals surface area contributed by atoms with E-state index in [1.54, 1.807) is 24.3 Å². The van der Waals surface area contributed by atoms with E-state index in [1.165, 1.54) is 13.2 Å². The molecule has 2 aromatic carbocycles. The van der Waals surface area contributed by atoms with E-state index in [0.29, 0.717) is 23.1 Å². The van der Waals surface area contributed by atoms with E-state index in [0.717, 1.165) is 18.3 Å². The van der Waals surface area contributed by atoms with Gasteiger partial charge in [0.1, 0.15) is 16.3 Å². The lowest BCUT2D eigenvalue weighted by Gasteiger charge is -2.13. The van der Waals surface area contributed by atoms with E-state index >= 15 is 0 Å². The number of aliphatic hydroxyl groups is 1. The Morgan fingerprint density at radius 3 is 2.38 bits per heavy atom. The largest absolute Gasteiger partial charge is 0.497 e. The summed E-state index contributed by atoms with van der Waals surface area (Å²) in [6, 6.07) is 10.6. The van der Waals surface area contributed by atoms with Gasteiger partial charge in [-0.1, -0.05) is 5.16 Å². The summed E-state index contributed by atoms with van der Waals surface area (Å²) in [6.07, 6.45) is 1.15. The summed E-state index contributed by atoms with van der Waals surface area (Å²) in [6.45, 7) is -0.343. The Morgan fingerprint density at radius 1 is 1.00 bits per heavy atom. The summed E-state index contributed by atoms with van der Waals surface area (Å²) in [5.74, 6) is -0.732. The summed E-state index contributed by atoms with van der Waals surface area (Å²) in [5.41, 5.74) is 0.252. The minimum atomic E-state index is -5.07. The number of methoxy groups -OCH3 is 1. The monoisotopic (exact) mass is 619 g/mol. The molecule has 4 rings (SSSR count). The molecule has 2 aromatic heterocycles. The number of rotatable bonds is 11. The molecule has 220 valence electrons. The van der Waals surface area contributed by atoms with Crippen LogP contribution in [0.4, 0.5) is 23.2 Å². The van der Waals surface area contributed by atoms with Gasteiger partial charge in [0, 0.05) is 18.2 Å². The van der Waals surface area contributed by atoms with Gasteiger partial charge >= 0.3 is 0 Å². The molecule has 17 nitrogen and oxygen atoms in total. The van der Waals surface area contributed by atoms with Gasteiger partial charge in [0.25, 0.3) is 38.0 Å². The Hall–Kier alpha value is -4.82. The molecule has 0 aliphatic rings. The molecule has 0 aliphatic carbocycles. The van der Waals surface area contributed by atoms with E-state index in [4.69, 9.17) is 14.4 Å². The lowest BCUT2D eigenvalue weighted by molar-refractivity contribution is 0.102. The molecule has 0 unspecified atom stereocenters. The highest BCUT2D eigenvalue weighted by atomic mass is 32.2. The molecule has 0 radical (unpaired) electrons. The zero-order valence-electron chi connectivity index (χ0n) is 21.4. The van der Waals surface area contributed by atoms with Gasteiger partial charge in [-0.25, -0.2) is 9.97 Å². The normalized spacial score (nSPS) is 11.9. The van der Waals surface area contributed by atoms with Gasteiger partial charge in [-0.2, -0.15) is 16.8 Å². The molecule has 2 heterocycles. The number of aromatic nitrogens is 3. The van der Waals surface area contributed by atoms with Crippen LogP contribution in [-0.2, 0) is 20.2 Å². The average molecular weight is 620 g/mol. The van der Waals surface area contributed by atoms with E-state index in [2.05, 4.69) is 36.0 Å². The molecule has 5 N–H and O–H groups in total. The van der Waals surface area contributed by atoms with Gasteiger partial charge < -0.3 is 25.0 Å². The van der Waals surface area contributed by atoms with Crippen molar-refractivity contribution in [3.05, 3.63) is 60.4 Å². The molecule has 0 atom stereocenters. The fourth-order valence-electron chi connectivity index (χ4n) is 3.38. The minimum absolute atomic E-state index is 0.00455. The number of nitrogens with one attached hydrogen (secondary N) is 2. The third kappa shape index (κ3) is 7.27. The average Bonchev–Trinajstić information content (AvgIpc) is 3.43. The Labute approximate surface area is 237 Å². The quantitative estimate of drug-likeness (QED) is 0.119. The number of anilines is 2. The zero-order valence-corrected chi connectivity index (χ0v) is 23.0. The number of aliphatic hydroxyl groups excluding tert-OH is 1. The van der Waals surface area contributed by atoms with Crippen LogP contribution in [0.1, 0.15) is 10.5 Å². The predicted molar refractivity (Wildman–Crippen MR) is 144 cm³/mol. The van der Waals surface area contributed by atoms with Crippen LogP contribution in [-0.4, -0.2) is 72.3 Å². The van der Waals surface area contributed by atoms with Crippen molar-refractivity contribution in [2.45, 2.75) is 9.79 Å². The lowest BCUT2D eigenvalue weighted by Crippen LogP contribution is -2.19. The van der Waals surface area contributed by atoms with Crippen LogP contribution in [0.2, 0.25) is 0 Å². The van der Waals surface area contributed by atoms with Crippen molar-refractivity contribution in [3.8, 4) is 17.0 Å². The van der Waals surface area contributed by atoms with Crippen LogP contribution < -0.4 is 15.4 Å². The van der Waals surface area contributed by atoms with Gasteiger partial charge in [0.05, 0.1) is 36.2 Å². The van der Waals surface area contributed by atoms with E-state index < -0.39 is 41.6 Å². The first-order valence-corrected chi connectivity index (χ1v) is 14.4. The molecule has 19 heteroatoms. The number of hydrogen-bond donors (Lipinski definition) is 5. The first kappa shape index (κ1) is 30.1. The standard InChI is InChI=1S/C23H21N7O10S2/c1-39-14-4-2-13(3-5-14)17-11-20(40-30-17)28-29-23-25-12-18(24-8-9-31)21(27-23)22(32)26-16-7-6-15(41(33,34)35)10-19(16)42(36,37)38/h2-7,10-12,24,31H,8-9H2,1H3,(H,26,32)(H,33,34,35)(H,36,37,38). The number of nitrogens with zero attached hydrogens (tertiary/aromatic N) is 5. The van der Waals surface area contributed by atoms with Gasteiger partial charge in [-0.3, -0.25) is 13.9 Å². The van der Waals surface area contributed by atoms with Gasteiger partial charge in [0.2, 0.25) is 0 Å². The summed E-state index contributed by atoms with van der Waals surface area (Å²) in [7, 11) is -8.36. The third-order valence-electron chi connectivity index (χ3n) is 5.32. The van der Waals surface area contributed by atoms with Crippen molar-refractivity contribution in [3.63, 3.8) is 0 Å². The van der Waals surface area contributed by atoms with Crippen LogP contribution >= 0.6 is 0 Å². The fraction of sp³-hybridized carbons (Fsp3) is 0.130. The Bertz CT molecular complexity index is 1860. The fourth-order valence-corrected chi connectivity index (χ4v) is 4.63. The minimum Gasteiger partial charge on any atom is -0.497 e. The van der Waals surface area contributed by atoms with Crippen molar-refractivity contribution in [2.24, 2.45) is 10.2 Å². The highest BCUT2D eigenvalue weighted by Gasteiger charge is 2.24. The second kappa shape index (κ2) is 12.4. The Morgan fingerprint density at radius 2 is 1.74 bits per heavy atom. The smallest absolute Gasteiger partial charge is 0.296 e. The number of amides is 1. The zero-order chi connectivity index (χ0) is 30.5. The van der Waals surface area contributed by atoms with Gasteiger partial charge in [-0.05, 0) is 42.5 Å². The number of benzene rings is 2. The SMILES string of the molecule is COc1ccc(-c2cc(N=Nc3ncc(NCCO)c(C(=O)Nc4ccc(S(=O)(=O)O)cc4S(=O)(=O)O)n3)on2)cc1. The number of hydrogen-bond acceptors (Lipinski definition) is 14. The number of ether oxygens (including phenoxy) is 1. The molecule has 42 heavy (non-hydrogen) atoms. The van der Waals surface area contributed by atoms with Crippen LogP contribution in [0.3, 0.4) is 0 Å². The molecular formula is C23H21N7O10S2. The van der Waals surface area contributed by atoms with Crippen LogP contribution in [0, 0.1) is 0 Å². The number of carbonyl (C=O) groups excluding carboxylic acids is 1. The third-order valence-corrected chi connectivity index (χ3v) is 7.06. The van der Waals surface area contributed by atoms with Crippen LogP contribution in [0.25, 0.3) is 11.3 Å². The number of carbonyl (C=O) groups is 1. The molecule has 1 amide bonds. The maximum atomic E-state index is 13.1. The lowest BCUT2D eigenvalue weighted by atomic mass is 10.1. The van der Waals surface area contributed by atoms with E-state index in [-0.39, 0.29) is 36.4 Å². The molecule has 0 saturated heterocycles. The first-order valence-electron chi connectivity index (χ1n) is 11.5. The summed E-state index contributed by atoms with van der Waals surface area (Å²) in [4.78, 5) is 19.3. The summed E-state index contributed by atoms with van der Waals surface area (Å²) < 4.78 is 75.6. The second-order valence-electron chi connectivity index (χ2n) is 8.12. The molecule has 0 spiro atoms. The second-order valence-corrected chi connectivity index (χ2v) is 10.9. The molecule has 0 bridgehead atoms. The summed E-state index contributed by atoms with van der Waals surface area (Å²) >= 11 is 0. The molecular weight excluding hydrogens is 598 g/mol. The van der Waals surface area contributed by atoms with Crippen molar-refractivity contribution in [2.75, 3.05) is 30.9 Å². The highest BCUT2D eigenvalue weighted by Crippen LogP contribution is 2.28. The Balaban J connectivity index is 1.63. The van der Waals surface area contributed by atoms with Crippen LogP contribution in [0.15, 0.2) is 79.3 Å². The van der Waals surface area contributed by atoms with Crippen molar-refractivity contribution in [1.82, 2.24) is 15.1 Å². The number of azo groups is 1. The Kier molecular flexibility index (Phi) is 8.87. The molecule has 0 fully saturated rings. The van der Waals surface area contributed by atoms with Crippen molar-refractivity contribution >= 4 is 49.4 Å². The first-order chi connectivity index (χ1) is 19.9. The molecule has 0 saturated carbocycles. The van der Waals surface area contributed by atoms with Crippen LogP contribution in [0.5, 0.6) is 5.75 Å². The molecule has 0 aliphatic heterocycles. The van der Waals surface area contributed by atoms with Crippen molar-refractivity contribution < 1.29 is 45.1 Å². The predicted octanol–water partition coefficient (Wildman–Crippen LogP) is 2.71. The van der Waals surface area contributed by atoms with Gasteiger partial charge in [-0.15, -0.1) is 10.2 Å². The van der Waals surface area contributed by atoms with Gasteiger partial charge in [0.15, 0.2) is 5.69 Å². The van der Waals surface area contributed by atoms with Crippen molar-refractivity contribution in [1.29, 1.82) is 0 Å². The van der Waals surface area contributed by atoms with E-state index in [9.17, 15) is 30.7 Å². The summed E-state index contributed by atoms with van der Waals surface area (Å²) in [5, 5.41) is 25.7. The maximum Gasteiger partial charge on any atom is 0.296 e. The van der Waals surface area contributed by atoms with E-state index in [1.807, 2.05) is 0 Å².